The number of H-pyrrole nitrogens is 1. The van der Waals surface area contributed by atoms with Crippen LogP contribution < -0.4 is 10.6 Å². The van der Waals surface area contributed by atoms with Crippen molar-refractivity contribution < 1.29 is 13.2 Å². The summed E-state index contributed by atoms with van der Waals surface area (Å²) in [5, 5.41) is 12.1. The molecule has 1 aromatic carbocycles. The number of nitrogens with zero attached hydrogens (tertiary/aromatic N) is 2. The van der Waals surface area contributed by atoms with Crippen LogP contribution in [-0.4, -0.2) is 28.4 Å². The molecule has 0 aliphatic carbocycles. The molecule has 0 bridgehead atoms. The highest BCUT2D eigenvalue weighted by atomic mass is 19.4. The number of anilines is 3. The van der Waals surface area contributed by atoms with Crippen molar-refractivity contribution in [3.8, 4) is 0 Å². The van der Waals surface area contributed by atoms with Crippen LogP contribution in [0.25, 0.3) is 0 Å². The Bertz CT molecular complexity index is 549. The van der Waals surface area contributed by atoms with Gasteiger partial charge in [0, 0.05) is 12.7 Å². The first-order chi connectivity index (χ1) is 8.96. The molecular weight excluding hydrogens is 259 g/mol. The maximum absolute atomic E-state index is 12.3. The average molecular weight is 271 g/mol. The van der Waals surface area contributed by atoms with E-state index < -0.39 is 12.6 Å². The normalized spacial score (nSPS) is 11.4. The van der Waals surface area contributed by atoms with Crippen LogP contribution in [-0.2, 0) is 6.42 Å². The fraction of sp³-hybridized carbons (Fsp3) is 0.273. The van der Waals surface area contributed by atoms with E-state index in [1.165, 1.54) is 12.1 Å². The van der Waals surface area contributed by atoms with Crippen molar-refractivity contribution >= 4 is 17.6 Å². The zero-order valence-electron chi connectivity index (χ0n) is 10.0. The van der Waals surface area contributed by atoms with Crippen LogP contribution in [0.5, 0.6) is 0 Å². The number of halogens is 3. The van der Waals surface area contributed by atoms with Gasteiger partial charge in [-0.05, 0) is 17.7 Å². The first kappa shape index (κ1) is 13.2. The minimum atomic E-state index is -4.22. The van der Waals surface area contributed by atoms with Gasteiger partial charge in [0.1, 0.15) is 0 Å². The zero-order chi connectivity index (χ0) is 13.9. The topological polar surface area (TPSA) is 65.6 Å². The summed E-state index contributed by atoms with van der Waals surface area (Å²) < 4.78 is 36.9. The highest BCUT2D eigenvalue weighted by Crippen LogP contribution is 2.23. The standard InChI is InChI=1S/C11H12F3N5/c1-15-9-17-10(19-18-9)16-8-4-2-3-7(5-8)6-11(12,13)14/h2-5H,6H2,1H3,(H3,15,16,17,18,19). The Kier molecular flexibility index (Phi) is 3.59. The second-order valence-electron chi connectivity index (χ2n) is 3.87. The van der Waals surface area contributed by atoms with E-state index in [4.69, 9.17) is 0 Å². The second-order valence-corrected chi connectivity index (χ2v) is 3.87. The third-order valence-electron chi connectivity index (χ3n) is 2.31. The minimum absolute atomic E-state index is 0.182. The molecule has 0 saturated carbocycles. The van der Waals surface area contributed by atoms with Crippen molar-refractivity contribution in [2.45, 2.75) is 12.6 Å². The lowest BCUT2D eigenvalue weighted by Gasteiger charge is -2.08. The number of rotatable bonds is 4. The largest absolute Gasteiger partial charge is 0.393 e. The van der Waals surface area contributed by atoms with Crippen LogP contribution >= 0.6 is 0 Å². The van der Waals surface area contributed by atoms with Gasteiger partial charge in [0.05, 0.1) is 6.42 Å². The molecule has 0 saturated heterocycles. The molecule has 0 aliphatic rings. The molecule has 0 amide bonds. The van der Waals surface area contributed by atoms with Gasteiger partial charge in [0.2, 0.25) is 11.9 Å². The maximum Gasteiger partial charge on any atom is 0.393 e. The SMILES string of the molecule is CNc1nc(Nc2cccc(CC(F)(F)F)c2)n[nH]1. The lowest BCUT2D eigenvalue weighted by molar-refractivity contribution is -0.127. The summed E-state index contributed by atoms with van der Waals surface area (Å²) in [7, 11) is 1.67. The molecule has 0 unspecified atom stereocenters. The number of hydrogen-bond donors (Lipinski definition) is 3. The molecule has 0 atom stereocenters. The molecule has 102 valence electrons. The second kappa shape index (κ2) is 5.17. The highest BCUT2D eigenvalue weighted by Gasteiger charge is 2.27. The summed E-state index contributed by atoms with van der Waals surface area (Å²) in [6.07, 6.45) is -5.18. The molecular formula is C11H12F3N5. The Labute approximate surface area is 107 Å². The van der Waals surface area contributed by atoms with Crippen LogP contribution in [0.3, 0.4) is 0 Å². The number of hydrogen-bond acceptors (Lipinski definition) is 4. The van der Waals surface area contributed by atoms with E-state index in [2.05, 4.69) is 25.8 Å². The van der Waals surface area contributed by atoms with Gasteiger partial charge in [0.15, 0.2) is 0 Å². The van der Waals surface area contributed by atoms with Crippen molar-refractivity contribution in [1.82, 2.24) is 15.2 Å². The third-order valence-corrected chi connectivity index (χ3v) is 2.31. The summed E-state index contributed by atoms with van der Waals surface area (Å²) in [5.74, 6) is 0.752. The first-order valence-electron chi connectivity index (χ1n) is 5.49. The van der Waals surface area contributed by atoms with Crippen molar-refractivity contribution in [3.63, 3.8) is 0 Å². The summed E-state index contributed by atoms with van der Waals surface area (Å²) in [4.78, 5) is 4.02. The van der Waals surface area contributed by atoms with Gasteiger partial charge in [-0.15, -0.1) is 5.10 Å². The van der Waals surface area contributed by atoms with Gasteiger partial charge in [-0.1, -0.05) is 12.1 Å². The molecule has 0 spiro atoms. The first-order valence-corrected chi connectivity index (χ1v) is 5.49. The number of aromatic nitrogens is 3. The molecule has 1 aromatic heterocycles. The lowest BCUT2D eigenvalue weighted by Crippen LogP contribution is -2.11. The maximum atomic E-state index is 12.3. The molecule has 0 radical (unpaired) electrons. The Morgan fingerprint density at radius 2 is 2.11 bits per heavy atom. The summed E-state index contributed by atoms with van der Waals surface area (Å²) in [6, 6.07) is 6.04. The van der Waals surface area contributed by atoms with Gasteiger partial charge in [-0.3, -0.25) is 0 Å². The molecule has 2 aromatic rings. The van der Waals surface area contributed by atoms with Crippen LogP contribution in [0.2, 0.25) is 0 Å². The van der Waals surface area contributed by atoms with Crippen LogP contribution in [0.4, 0.5) is 30.8 Å². The van der Waals surface area contributed by atoms with Gasteiger partial charge in [0.25, 0.3) is 0 Å². The zero-order valence-corrected chi connectivity index (χ0v) is 10.0. The van der Waals surface area contributed by atoms with Crippen molar-refractivity contribution in [1.29, 1.82) is 0 Å². The van der Waals surface area contributed by atoms with E-state index in [9.17, 15) is 13.2 Å². The number of nitrogens with one attached hydrogen (secondary N) is 3. The van der Waals surface area contributed by atoms with E-state index in [0.717, 1.165) is 0 Å². The molecule has 0 fully saturated rings. The molecule has 19 heavy (non-hydrogen) atoms. The third kappa shape index (κ3) is 3.87. The van der Waals surface area contributed by atoms with Crippen molar-refractivity contribution in [3.05, 3.63) is 29.8 Å². The molecule has 1 heterocycles. The average Bonchev–Trinajstić information content (AvgIpc) is 2.75. The van der Waals surface area contributed by atoms with E-state index in [0.29, 0.717) is 11.6 Å². The van der Waals surface area contributed by atoms with Gasteiger partial charge in [-0.25, -0.2) is 5.10 Å². The summed E-state index contributed by atoms with van der Waals surface area (Å²) >= 11 is 0. The van der Waals surface area contributed by atoms with Crippen LogP contribution in [0.15, 0.2) is 24.3 Å². The lowest BCUT2D eigenvalue weighted by atomic mass is 10.1. The van der Waals surface area contributed by atoms with Crippen molar-refractivity contribution in [2.24, 2.45) is 0 Å². The smallest absolute Gasteiger partial charge is 0.358 e. The minimum Gasteiger partial charge on any atom is -0.358 e. The fourth-order valence-corrected chi connectivity index (χ4v) is 1.55. The Hall–Kier alpha value is -2.25. The van der Waals surface area contributed by atoms with Crippen LogP contribution in [0, 0.1) is 0 Å². The molecule has 5 nitrogen and oxygen atoms in total. The fourth-order valence-electron chi connectivity index (χ4n) is 1.55. The van der Waals surface area contributed by atoms with E-state index in [1.54, 1.807) is 19.2 Å². The van der Waals surface area contributed by atoms with E-state index >= 15 is 0 Å². The molecule has 3 N–H and O–H groups in total. The predicted octanol–water partition coefficient (Wildman–Crippen LogP) is 2.69. The van der Waals surface area contributed by atoms with Gasteiger partial charge < -0.3 is 10.6 Å². The van der Waals surface area contributed by atoms with Gasteiger partial charge >= 0.3 is 6.18 Å². The number of benzene rings is 1. The summed E-state index contributed by atoms with van der Waals surface area (Å²) in [5.41, 5.74) is 0.685. The monoisotopic (exact) mass is 271 g/mol. The quantitative estimate of drug-likeness (QED) is 0.800. The molecule has 0 aliphatic heterocycles. The van der Waals surface area contributed by atoms with Crippen molar-refractivity contribution in [2.75, 3.05) is 17.7 Å². The van der Waals surface area contributed by atoms with Crippen LogP contribution in [0.1, 0.15) is 5.56 Å². The Morgan fingerprint density at radius 3 is 2.74 bits per heavy atom. The Balaban J connectivity index is 2.10. The van der Waals surface area contributed by atoms with E-state index in [1.807, 2.05) is 0 Å². The molecule has 8 heteroatoms. The predicted molar refractivity (Wildman–Crippen MR) is 65.4 cm³/mol. The van der Waals surface area contributed by atoms with Gasteiger partial charge in [-0.2, -0.15) is 18.2 Å². The highest BCUT2D eigenvalue weighted by molar-refractivity contribution is 5.55. The molecule has 2 rings (SSSR count). The van der Waals surface area contributed by atoms with E-state index in [-0.39, 0.29) is 11.5 Å². The number of alkyl halides is 3. The Morgan fingerprint density at radius 1 is 1.32 bits per heavy atom. The number of aromatic amines is 1. The summed E-state index contributed by atoms with van der Waals surface area (Å²) in [6.45, 7) is 0.